The number of hydrogen-bond acceptors (Lipinski definition) is 3. The molecule has 0 aromatic rings. The minimum Gasteiger partial charge on any atom is -0.379 e. The first-order valence-corrected chi connectivity index (χ1v) is 7.37. The van der Waals surface area contributed by atoms with E-state index in [4.69, 9.17) is 9.47 Å². The molecule has 1 fully saturated rings. The van der Waals surface area contributed by atoms with Crippen LogP contribution in [0, 0.1) is 5.92 Å². The van der Waals surface area contributed by atoms with Crippen molar-refractivity contribution in [2.75, 3.05) is 26.3 Å². The number of alkyl halides is 3. The van der Waals surface area contributed by atoms with E-state index >= 15 is 0 Å². The first-order valence-electron chi connectivity index (χ1n) is 7.37. The van der Waals surface area contributed by atoms with Crippen LogP contribution < -0.4 is 5.32 Å². The molecule has 0 amide bonds. The molecule has 0 bridgehead atoms. The lowest BCUT2D eigenvalue weighted by molar-refractivity contribution is -0.138. The predicted octanol–water partition coefficient (Wildman–Crippen LogP) is 3.14. The Bertz CT molecular complexity index is 259. The molecule has 1 N–H and O–H groups in total. The van der Waals surface area contributed by atoms with Gasteiger partial charge in [0.1, 0.15) is 0 Å². The van der Waals surface area contributed by atoms with Gasteiger partial charge in [0, 0.05) is 19.6 Å². The quantitative estimate of drug-likeness (QED) is 0.663. The molecule has 20 heavy (non-hydrogen) atoms. The Kier molecular flexibility index (Phi) is 7.84. The van der Waals surface area contributed by atoms with Gasteiger partial charge in [-0.15, -0.1) is 0 Å². The summed E-state index contributed by atoms with van der Waals surface area (Å²) in [7, 11) is 0. The first kappa shape index (κ1) is 17.7. The molecule has 0 aliphatic carbocycles. The van der Waals surface area contributed by atoms with Gasteiger partial charge in [-0.05, 0) is 31.7 Å². The summed E-state index contributed by atoms with van der Waals surface area (Å²) in [5, 5.41) is 3.35. The molecule has 1 heterocycles. The van der Waals surface area contributed by atoms with Crippen molar-refractivity contribution in [1.29, 1.82) is 0 Å². The zero-order valence-electron chi connectivity index (χ0n) is 12.3. The smallest absolute Gasteiger partial charge is 0.379 e. The van der Waals surface area contributed by atoms with Crippen LogP contribution in [0.3, 0.4) is 0 Å². The second kappa shape index (κ2) is 8.85. The fourth-order valence-corrected chi connectivity index (χ4v) is 2.18. The maximum Gasteiger partial charge on any atom is 0.389 e. The average molecular weight is 297 g/mol. The fraction of sp³-hybridized carbons (Fsp3) is 1.00. The molecule has 1 aliphatic rings. The van der Waals surface area contributed by atoms with Gasteiger partial charge in [0.2, 0.25) is 0 Å². The maximum atomic E-state index is 11.9. The molecule has 1 saturated heterocycles. The van der Waals surface area contributed by atoms with Crippen LogP contribution in [0.5, 0.6) is 0 Å². The van der Waals surface area contributed by atoms with Gasteiger partial charge < -0.3 is 14.8 Å². The van der Waals surface area contributed by atoms with Gasteiger partial charge in [-0.1, -0.05) is 13.8 Å². The van der Waals surface area contributed by atoms with Gasteiger partial charge in [-0.25, -0.2) is 0 Å². The first-order chi connectivity index (χ1) is 9.37. The molecule has 0 aromatic heterocycles. The number of halogens is 3. The van der Waals surface area contributed by atoms with Crippen LogP contribution in [-0.4, -0.2) is 44.7 Å². The van der Waals surface area contributed by atoms with Crippen molar-refractivity contribution in [2.24, 2.45) is 5.92 Å². The summed E-state index contributed by atoms with van der Waals surface area (Å²) in [4.78, 5) is 0. The molecule has 0 radical (unpaired) electrons. The van der Waals surface area contributed by atoms with Crippen molar-refractivity contribution >= 4 is 0 Å². The largest absolute Gasteiger partial charge is 0.389 e. The zero-order chi connectivity index (χ0) is 15.0. The molecule has 6 heteroatoms. The van der Waals surface area contributed by atoms with E-state index < -0.39 is 12.6 Å². The maximum absolute atomic E-state index is 11.9. The predicted molar refractivity (Wildman–Crippen MR) is 71.7 cm³/mol. The zero-order valence-corrected chi connectivity index (χ0v) is 12.3. The molecule has 3 nitrogen and oxygen atoms in total. The van der Waals surface area contributed by atoms with Gasteiger partial charge in [0.25, 0.3) is 0 Å². The number of ether oxygens (including phenoxy) is 2. The summed E-state index contributed by atoms with van der Waals surface area (Å²) >= 11 is 0. The van der Waals surface area contributed by atoms with E-state index in [2.05, 4.69) is 19.2 Å². The summed E-state index contributed by atoms with van der Waals surface area (Å²) in [5.41, 5.74) is 0. The van der Waals surface area contributed by atoms with Gasteiger partial charge in [0.05, 0.1) is 18.8 Å². The molecule has 0 aromatic carbocycles. The summed E-state index contributed by atoms with van der Waals surface area (Å²) in [6.07, 6.45) is -2.69. The highest BCUT2D eigenvalue weighted by atomic mass is 19.4. The van der Waals surface area contributed by atoms with Gasteiger partial charge in [0.15, 0.2) is 0 Å². The lowest BCUT2D eigenvalue weighted by Crippen LogP contribution is -2.30. The second-order valence-electron chi connectivity index (χ2n) is 5.80. The van der Waals surface area contributed by atoms with Crippen molar-refractivity contribution in [3.05, 3.63) is 0 Å². The molecule has 120 valence electrons. The highest BCUT2D eigenvalue weighted by Gasteiger charge is 2.27. The molecule has 0 spiro atoms. The Hall–Kier alpha value is -0.330. The van der Waals surface area contributed by atoms with E-state index in [1.54, 1.807) is 0 Å². The third-order valence-corrected chi connectivity index (χ3v) is 3.17. The molecular formula is C14H26F3NO2. The van der Waals surface area contributed by atoms with Crippen molar-refractivity contribution in [3.8, 4) is 0 Å². The van der Waals surface area contributed by atoms with Crippen LogP contribution in [0.1, 0.15) is 39.5 Å². The average Bonchev–Trinajstić information content (AvgIpc) is 2.74. The third-order valence-electron chi connectivity index (χ3n) is 3.17. The highest BCUT2D eigenvalue weighted by Crippen LogP contribution is 2.22. The van der Waals surface area contributed by atoms with Crippen molar-refractivity contribution < 1.29 is 22.6 Å². The van der Waals surface area contributed by atoms with Crippen molar-refractivity contribution in [1.82, 2.24) is 5.32 Å². The van der Waals surface area contributed by atoms with Gasteiger partial charge in [-0.3, -0.25) is 0 Å². The Labute approximate surface area is 119 Å². The van der Waals surface area contributed by atoms with E-state index in [1.165, 1.54) is 0 Å². The van der Waals surface area contributed by atoms with E-state index in [0.29, 0.717) is 12.5 Å². The topological polar surface area (TPSA) is 30.5 Å². The van der Waals surface area contributed by atoms with E-state index in [0.717, 1.165) is 25.9 Å². The molecule has 2 unspecified atom stereocenters. The summed E-state index contributed by atoms with van der Waals surface area (Å²) < 4.78 is 46.8. The van der Waals surface area contributed by atoms with Crippen LogP contribution in [-0.2, 0) is 9.47 Å². The number of hydrogen-bond donors (Lipinski definition) is 1. The lowest BCUT2D eigenvalue weighted by atomic mass is 10.2. The molecular weight excluding hydrogens is 271 g/mol. The Morgan fingerprint density at radius 3 is 2.60 bits per heavy atom. The SMILES string of the molecule is CC(C)CNCC1CCC(COCCCC(F)(F)F)O1. The molecule has 1 aliphatic heterocycles. The van der Waals surface area contributed by atoms with Crippen molar-refractivity contribution in [2.45, 2.75) is 57.9 Å². The lowest BCUT2D eigenvalue weighted by Gasteiger charge is -2.15. The monoisotopic (exact) mass is 297 g/mol. The minimum absolute atomic E-state index is 0.0234. The van der Waals surface area contributed by atoms with Crippen LogP contribution in [0.25, 0.3) is 0 Å². The van der Waals surface area contributed by atoms with E-state index in [1.807, 2.05) is 0 Å². The van der Waals surface area contributed by atoms with Gasteiger partial charge in [-0.2, -0.15) is 13.2 Å². The standard InChI is InChI=1S/C14H26F3NO2/c1-11(2)8-18-9-12-4-5-13(20-12)10-19-7-3-6-14(15,16)17/h11-13,18H,3-10H2,1-2H3. The van der Waals surface area contributed by atoms with E-state index in [9.17, 15) is 13.2 Å². The summed E-state index contributed by atoms with van der Waals surface area (Å²) in [6.45, 7) is 6.66. The molecule has 0 saturated carbocycles. The number of nitrogens with one attached hydrogen (secondary N) is 1. The minimum atomic E-state index is -4.08. The van der Waals surface area contributed by atoms with Crippen LogP contribution in [0.4, 0.5) is 13.2 Å². The molecule has 2 atom stereocenters. The Morgan fingerprint density at radius 1 is 1.25 bits per heavy atom. The van der Waals surface area contributed by atoms with Crippen molar-refractivity contribution in [3.63, 3.8) is 0 Å². The molecule has 1 rings (SSSR count). The van der Waals surface area contributed by atoms with Crippen LogP contribution >= 0.6 is 0 Å². The normalized spacial score (nSPS) is 23.7. The third kappa shape index (κ3) is 8.76. The number of rotatable bonds is 9. The van der Waals surface area contributed by atoms with Gasteiger partial charge >= 0.3 is 6.18 Å². The van der Waals surface area contributed by atoms with E-state index in [-0.39, 0.29) is 25.2 Å². The van der Waals surface area contributed by atoms with Crippen LogP contribution in [0.15, 0.2) is 0 Å². The summed E-state index contributed by atoms with van der Waals surface area (Å²) in [5.74, 6) is 0.615. The summed E-state index contributed by atoms with van der Waals surface area (Å²) in [6, 6.07) is 0. The fourth-order valence-electron chi connectivity index (χ4n) is 2.18. The Morgan fingerprint density at radius 2 is 1.95 bits per heavy atom. The highest BCUT2D eigenvalue weighted by molar-refractivity contribution is 4.75. The van der Waals surface area contributed by atoms with Crippen LogP contribution in [0.2, 0.25) is 0 Å². The Balaban J connectivity index is 1.98. The second-order valence-corrected chi connectivity index (χ2v) is 5.80.